The van der Waals surface area contributed by atoms with Crippen molar-refractivity contribution in [3.05, 3.63) is 29.0 Å². The van der Waals surface area contributed by atoms with Crippen molar-refractivity contribution in [1.82, 2.24) is 10.3 Å². The molecule has 1 aromatic rings. The van der Waals surface area contributed by atoms with Gasteiger partial charge in [0, 0.05) is 12.4 Å². The van der Waals surface area contributed by atoms with Gasteiger partial charge < -0.3 is 5.32 Å². The average molecular weight is 213 g/mol. The van der Waals surface area contributed by atoms with Crippen molar-refractivity contribution in [1.29, 1.82) is 0 Å². The first-order valence-electron chi connectivity index (χ1n) is 4.97. The summed E-state index contributed by atoms with van der Waals surface area (Å²) in [4.78, 5) is 3.96. The second-order valence-electron chi connectivity index (χ2n) is 3.67. The Bertz CT molecular complexity index is 276. The molecule has 0 radical (unpaired) electrons. The van der Waals surface area contributed by atoms with Crippen LogP contribution in [0, 0.1) is 5.92 Å². The van der Waals surface area contributed by atoms with Crippen LogP contribution in [0.4, 0.5) is 0 Å². The molecule has 14 heavy (non-hydrogen) atoms. The van der Waals surface area contributed by atoms with Crippen molar-refractivity contribution in [2.75, 3.05) is 13.6 Å². The smallest absolute Gasteiger partial charge is 0.0621 e. The summed E-state index contributed by atoms with van der Waals surface area (Å²) in [5.41, 5.74) is 1.20. The zero-order valence-electron chi connectivity index (χ0n) is 8.76. The van der Waals surface area contributed by atoms with E-state index in [1.807, 2.05) is 13.1 Å². The molecule has 1 aromatic heterocycles. The Kier molecular flexibility index (Phi) is 4.91. The van der Waals surface area contributed by atoms with E-state index < -0.39 is 0 Å². The summed E-state index contributed by atoms with van der Waals surface area (Å²) in [6.07, 6.45) is 5.69. The molecule has 0 saturated heterocycles. The van der Waals surface area contributed by atoms with Gasteiger partial charge in [-0.3, -0.25) is 4.98 Å². The zero-order chi connectivity index (χ0) is 10.4. The van der Waals surface area contributed by atoms with Crippen molar-refractivity contribution in [3.63, 3.8) is 0 Å². The Hall–Kier alpha value is -0.600. The molecule has 0 bridgehead atoms. The highest BCUT2D eigenvalue weighted by Gasteiger charge is 2.03. The Morgan fingerprint density at radius 2 is 2.36 bits per heavy atom. The highest BCUT2D eigenvalue weighted by Crippen LogP contribution is 2.17. The number of pyridine rings is 1. The van der Waals surface area contributed by atoms with Crippen LogP contribution in [-0.4, -0.2) is 18.6 Å². The maximum Gasteiger partial charge on any atom is 0.0621 e. The van der Waals surface area contributed by atoms with Crippen LogP contribution in [0.25, 0.3) is 0 Å². The number of aryl methyl sites for hydroxylation is 1. The molecule has 0 aliphatic heterocycles. The Morgan fingerprint density at radius 3 is 3.00 bits per heavy atom. The van der Waals surface area contributed by atoms with Crippen LogP contribution in [0.5, 0.6) is 0 Å². The van der Waals surface area contributed by atoms with E-state index in [9.17, 15) is 0 Å². The molecule has 0 saturated carbocycles. The van der Waals surface area contributed by atoms with Gasteiger partial charge in [0.2, 0.25) is 0 Å². The molecule has 1 heterocycles. The van der Waals surface area contributed by atoms with E-state index >= 15 is 0 Å². The molecule has 1 N–H and O–H groups in total. The van der Waals surface area contributed by atoms with Crippen LogP contribution in [0.1, 0.15) is 18.9 Å². The van der Waals surface area contributed by atoms with E-state index in [-0.39, 0.29) is 0 Å². The fraction of sp³-hybridized carbons (Fsp3) is 0.545. The molecule has 0 aliphatic carbocycles. The third-order valence-electron chi connectivity index (χ3n) is 2.32. The maximum atomic E-state index is 6.01. The number of hydrogen-bond acceptors (Lipinski definition) is 2. The topological polar surface area (TPSA) is 24.9 Å². The van der Waals surface area contributed by atoms with Gasteiger partial charge in [-0.25, -0.2) is 0 Å². The predicted octanol–water partition coefficient (Wildman–Crippen LogP) is 2.52. The Labute approximate surface area is 90.7 Å². The molecule has 0 spiro atoms. The van der Waals surface area contributed by atoms with Crippen LogP contribution in [0.2, 0.25) is 5.02 Å². The van der Waals surface area contributed by atoms with Crippen molar-refractivity contribution in [2.24, 2.45) is 5.92 Å². The minimum atomic E-state index is 0.684. The van der Waals surface area contributed by atoms with Gasteiger partial charge in [0.25, 0.3) is 0 Å². The van der Waals surface area contributed by atoms with Crippen LogP contribution >= 0.6 is 11.6 Å². The molecule has 78 valence electrons. The lowest BCUT2D eigenvalue weighted by atomic mass is 10.0. The van der Waals surface area contributed by atoms with Gasteiger partial charge in [0.15, 0.2) is 0 Å². The van der Waals surface area contributed by atoms with Crippen molar-refractivity contribution in [3.8, 4) is 0 Å². The molecule has 1 atom stereocenters. The van der Waals surface area contributed by atoms with Gasteiger partial charge in [-0.1, -0.05) is 18.5 Å². The Balaban J connectivity index is 2.41. The van der Waals surface area contributed by atoms with Gasteiger partial charge in [0.05, 0.1) is 5.02 Å². The SMILES string of the molecule is CNCC(C)CCc1ccncc1Cl. The van der Waals surface area contributed by atoms with E-state index in [0.717, 1.165) is 24.4 Å². The molecular formula is C11H17ClN2. The number of rotatable bonds is 5. The molecule has 1 rings (SSSR count). The standard InChI is InChI=1S/C11H17ClN2/c1-9(7-13-2)3-4-10-5-6-14-8-11(10)12/h5-6,8-9,13H,3-4,7H2,1-2H3. The molecule has 0 aliphatic rings. The summed E-state index contributed by atoms with van der Waals surface area (Å²) in [5, 5.41) is 3.95. The minimum Gasteiger partial charge on any atom is -0.319 e. The molecule has 3 heteroatoms. The molecule has 2 nitrogen and oxygen atoms in total. The highest BCUT2D eigenvalue weighted by molar-refractivity contribution is 6.31. The molecular weight excluding hydrogens is 196 g/mol. The Morgan fingerprint density at radius 1 is 1.57 bits per heavy atom. The van der Waals surface area contributed by atoms with Crippen LogP contribution in [-0.2, 0) is 6.42 Å². The van der Waals surface area contributed by atoms with Gasteiger partial charge in [-0.05, 0) is 44.0 Å². The van der Waals surface area contributed by atoms with E-state index in [2.05, 4.69) is 17.2 Å². The fourth-order valence-corrected chi connectivity index (χ4v) is 1.67. The number of halogens is 1. The van der Waals surface area contributed by atoms with Gasteiger partial charge in [-0.2, -0.15) is 0 Å². The van der Waals surface area contributed by atoms with Crippen LogP contribution < -0.4 is 5.32 Å². The number of hydrogen-bond donors (Lipinski definition) is 1. The van der Waals surface area contributed by atoms with Crippen molar-refractivity contribution >= 4 is 11.6 Å². The lowest BCUT2D eigenvalue weighted by Crippen LogP contribution is -2.16. The first-order valence-corrected chi connectivity index (χ1v) is 5.34. The summed E-state index contributed by atoms with van der Waals surface area (Å²) in [7, 11) is 1.98. The highest BCUT2D eigenvalue weighted by atomic mass is 35.5. The summed E-state index contributed by atoms with van der Waals surface area (Å²) < 4.78 is 0. The van der Waals surface area contributed by atoms with Crippen LogP contribution in [0.15, 0.2) is 18.5 Å². The molecule has 0 amide bonds. The van der Waals surface area contributed by atoms with E-state index in [1.54, 1.807) is 12.4 Å². The lowest BCUT2D eigenvalue weighted by Gasteiger charge is -2.10. The molecule has 1 unspecified atom stereocenters. The van der Waals surface area contributed by atoms with E-state index in [4.69, 9.17) is 11.6 Å². The molecule has 0 fully saturated rings. The fourth-order valence-electron chi connectivity index (χ4n) is 1.46. The second-order valence-corrected chi connectivity index (χ2v) is 4.08. The lowest BCUT2D eigenvalue weighted by molar-refractivity contribution is 0.505. The minimum absolute atomic E-state index is 0.684. The van der Waals surface area contributed by atoms with Crippen LogP contribution in [0.3, 0.4) is 0 Å². The largest absolute Gasteiger partial charge is 0.319 e. The van der Waals surface area contributed by atoms with Crippen molar-refractivity contribution < 1.29 is 0 Å². The van der Waals surface area contributed by atoms with Gasteiger partial charge in [0.1, 0.15) is 0 Å². The third-order valence-corrected chi connectivity index (χ3v) is 2.66. The summed E-state index contributed by atoms with van der Waals surface area (Å²) in [5.74, 6) is 0.684. The zero-order valence-corrected chi connectivity index (χ0v) is 9.51. The normalized spacial score (nSPS) is 12.8. The first-order chi connectivity index (χ1) is 6.74. The third kappa shape index (κ3) is 3.64. The maximum absolute atomic E-state index is 6.01. The summed E-state index contributed by atoms with van der Waals surface area (Å²) >= 11 is 6.01. The van der Waals surface area contributed by atoms with E-state index in [1.165, 1.54) is 5.56 Å². The predicted molar refractivity (Wildman–Crippen MR) is 60.7 cm³/mol. The number of nitrogens with zero attached hydrogens (tertiary/aromatic N) is 1. The quantitative estimate of drug-likeness (QED) is 0.812. The summed E-state index contributed by atoms with van der Waals surface area (Å²) in [6.45, 7) is 3.30. The first kappa shape index (κ1) is 11.5. The second kappa shape index (κ2) is 5.99. The monoisotopic (exact) mass is 212 g/mol. The number of aromatic nitrogens is 1. The van der Waals surface area contributed by atoms with E-state index in [0.29, 0.717) is 5.92 Å². The van der Waals surface area contributed by atoms with Gasteiger partial charge >= 0.3 is 0 Å². The van der Waals surface area contributed by atoms with Crippen molar-refractivity contribution in [2.45, 2.75) is 19.8 Å². The average Bonchev–Trinajstić information content (AvgIpc) is 2.17. The van der Waals surface area contributed by atoms with Gasteiger partial charge in [-0.15, -0.1) is 0 Å². The summed E-state index contributed by atoms with van der Waals surface area (Å²) in [6, 6.07) is 1.99. The number of nitrogens with one attached hydrogen (secondary N) is 1. The molecule has 0 aromatic carbocycles.